The van der Waals surface area contributed by atoms with Crippen LogP contribution < -0.4 is 0 Å². The fourth-order valence-corrected chi connectivity index (χ4v) is 0.346. The highest BCUT2D eigenvalue weighted by molar-refractivity contribution is 5.75. The largest absolute Gasteiger partial charge is 0.273 e. The Bertz CT molecular complexity index is 149. The van der Waals surface area contributed by atoms with E-state index in [1.807, 2.05) is 0 Å². The van der Waals surface area contributed by atoms with Gasteiger partial charge in [0.25, 0.3) is 6.08 Å². The van der Waals surface area contributed by atoms with Gasteiger partial charge in [-0.05, 0) is 0 Å². The lowest BCUT2D eigenvalue weighted by atomic mass is 10.5. The summed E-state index contributed by atoms with van der Waals surface area (Å²) < 4.78 is 0. The maximum atomic E-state index is 10.6. The van der Waals surface area contributed by atoms with E-state index in [1.165, 1.54) is 13.1 Å². The number of carbonyl (C=O) groups excluding carboxylic acids is 2. The van der Waals surface area contributed by atoms with Crippen LogP contribution in [0.4, 0.5) is 0 Å². The fourth-order valence-electron chi connectivity index (χ4n) is 0.346. The molecule has 0 aliphatic carbocycles. The molecule has 0 saturated heterocycles. The highest BCUT2D eigenvalue weighted by Crippen LogP contribution is 1.87. The van der Waals surface area contributed by atoms with Gasteiger partial charge in [0.05, 0.1) is 0 Å². The SMILES string of the molecule is CCC(=O)N(C)N=C=O. The number of carbonyl (C=O) groups is 1. The van der Waals surface area contributed by atoms with Crippen LogP contribution >= 0.6 is 0 Å². The van der Waals surface area contributed by atoms with Gasteiger partial charge in [-0.3, -0.25) is 4.79 Å². The molecule has 0 bridgehead atoms. The van der Waals surface area contributed by atoms with Crippen LogP contribution in [-0.2, 0) is 9.59 Å². The number of isocyanates is 1. The van der Waals surface area contributed by atoms with E-state index in [0.29, 0.717) is 6.42 Å². The van der Waals surface area contributed by atoms with Crippen molar-refractivity contribution < 1.29 is 9.59 Å². The molecule has 0 aliphatic rings. The Morgan fingerprint density at radius 1 is 1.78 bits per heavy atom. The van der Waals surface area contributed by atoms with Crippen LogP contribution in [0.3, 0.4) is 0 Å². The summed E-state index contributed by atoms with van der Waals surface area (Å²) in [5.74, 6) is -0.196. The van der Waals surface area contributed by atoms with Gasteiger partial charge < -0.3 is 0 Å². The molecule has 0 rings (SSSR count). The van der Waals surface area contributed by atoms with E-state index in [1.54, 1.807) is 6.92 Å². The number of amides is 1. The number of hydrogen-bond donors (Lipinski definition) is 0. The maximum Gasteiger partial charge on any atom is 0.258 e. The molecular weight excluding hydrogens is 120 g/mol. The zero-order valence-electron chi connectivity index (χ0n) is 5.42. The monoisotopic (exact) mass is 128 g/mol. The number of nitrogens with zero attached hydrogens (tertiary/aromatic N) is 2. The van der Waals surface area contributed by atoms with Gasteiger partial charge in [-0.25, -0.2) is 9.80 Å². The third-order valence-corrected chi connectivity index (χ3v) is 0.854. The summed E-state index contributed by atoms with van der Waals surface area (Å²) in [6.45, 7) is 1.69. The minimum atomic E-state index is -0.196. The maximum absolute atomic E-state index is 10.6. The molecular formula is C5H8N2O2. The van der Waals surface area contributed by atoms with Crippen molar-refractivity contribution in [3.05, 3.63) is 0 Å². The number of hydrazone groups is 1. The van der Waals surface area contributed by atoms with Gasteiger partial charge in [-0.15, -0.1) is 0 Å². The molecule has 0 aliphatic heterocycles. The van der Waals surface area contributed by atoms with Crippen molar-refractivity contribution in [2.24, 2.45) is 5.10 Å². The molecule has 0 N–H and O–H groups in total. The van der Waals surface area contributed by atoms with Gasteiger partial charge >= 0.3 is 0 Å². The zero-order valence-corrected chi connectivity index (χ0v) is 5.42. The molecule has 0 fully saturated rings. The van der Waals surface area contributed by atoms with Gasteiger partial charge in [0.1, 0.15) is 0 Å². The summed E-state index contributed by atoms with van der Waals surface area (Å²) in [5, 5.41) is 4.04. The van der Waals surface area contributed by atoms with Gasteiger partial charge in [-0.1, -0.05) is 12.0 Å². The molecule has 0 unspecified atom stereocenters. The molecule has 0 aromatic carbocycles. The highest BCUT2D eigenvalue weighted by Gasteiger charge is 2.01. The molecule has 0 spiro atoms. The topological polar surface area (TPSA) is 49.7 Å². The van der Waals surface area contributed by atoms with Crippen molar-refractivity contribution >= 4 is 12.0 Å². The molecule has 0 atom stereocenters. The van der Waals surface area contributed by atoms with Crippen LogP contribution in [0.15, 0.2) is 5.10 Å². The average Bonchev–Trinajstić information content (AvgIpc) is 1.87. The molecule has 0 saturated carbocycles. The van der Waals surface area contributed by atoms with Crippen molar-refractivity contribution in [2.45, 2.75) is 13.3 Å². The smallest absolute Gasteiger partial charge is 0.258 e. The average molecular weight is 128 g/mol. The van der Waals surface area contributed by atoms with Crippen LogP contribution in [0.2, 0.25) is 0 Å². The van der Waals surface area contributed by atoms with E-state index >= 15 is 0 Å². The van der Waals surface area contributed by atoms with E-state index in [0.717, 1.165) is 5.01 Å². The van der Waals surface area contributed by atoms with Gasteiger partial charge in [0.2, 0.25) is 5.91 Å². The summed E-state index contributed by atoms with van der Waals surface area (Å²) in [7, 11) is 1.41. The number of hydrogen-bond acceptors (Lipinski definition) is 3. The molecule has 4 heteroatoms. The van der Waals surface area contributed by atoms with Gasteiger partial charge in [0, 0.05) is 13.5 Å². The first-order valence-corrected chi connectivity index (χ1v) is 2.56. The first-order valence-electron chi connectivity index (χ1n) is 2.56. The quantitative estimate of drug-likeness (QED) is 0.301. The van der Waals surface area contributed by atoms with E-state index in [9.17, 15) is 9.59 Å². The standard InChI is InChI=1S/C5H8N2O2/c1-3-5(9)7(2)6-4-8/h3H2,1-2H3. The first kappa shape index (κ1) is 7.85. The molecule has 1 amide bonds. The van der Waals surface area contributed by atoms with E-state index < -0.39 is 0 Å². The Balaban J connectivity index is 3.87. The molecule has 9 heavy (non-hydrogen) atoms. The first-order chi connectivity index (χ1) is 4.22. The third kappa shape index (κ3) is 2.61. The normalized spacial score (nSPS) is 7.78. The van der Waals surface area contributed by atoms with Crippen LogP contribution in [-0.4, -0.2) is 24.0 Å². The molecule has 0 heterocycles. The van der Waals surface area contributed by atoms with Crippen molar-refractivity contribution in [1.82, 2.24) is 5.01 Å². The summed E-state index contributed by atoms with van der Waals surface area (Å²) in [5.41, 5.74) is 0. The number of rotatable bonds is 2. The Kier molecular flexibility index (Phi) is 3.32. The molecule has 0 aromatic heterocycles. The highest BCUT2D eigenvalue weighted by atomic mass is 16.2. The van der Waals surface area contributed by atoms with Gasteiger partial charge in [-0.2, -0.15) is 0 Å². The summed E-state index contributed by atoms with van der Waals surface area (Å²) in [4.78, 5) is 20.1. The van der Waals surface area contributed by atoms with Crippen molar-refractivity contribution in [3.63, 3.8) is 0 Å². The molecule has 0 aromatic rings. The molecule has 50 valence electrons. The van der Waals surface area contributed by atoms with Gasteiger partial charge in [0.15, 0.2) is 0 Å². The summed E-state index contributed by atoms with van der Waals surface area (Å²) in [6.07, 6.45) is 1.61. The molecule has 4 nitrogen and oxygen atoms in total. The Morgan fingerprint density at radius 2 is 2.33 bits per heavy atom. The lowest BCUT2D eigenvalue weighted by Gasteiger charge is -2.03. The van der Waals surface area contributed by atoms with Crippen LogP contribution in [0, 0.1) is 0 Å². The molecule has 0 radical (unpaired) electrons. The lowest BCUT2D eigenvalue weighted by Crippen LogP contribution is -2.19. The Hall–Kier alpha value is -1.15. The minimum absolute atomic E-state index is 0.196. The lowest BCUT2D eigenvalue weighted by molar-refractivity contribution is -0.129. The second-order valence-electron chi connectivity index (χ2n) is 1.46. The fraction of sp³-hybridized carbons (Fsp3) is 0.600. The predicted octanol–water partition coefficient (Wildman–Crippen LogP) is 0.106. The van der Waals surface area contributed by atoms with E-state index in [-0.39, 0.29) is 5.91 Å². The third-order valence-electron chi connectivity index (χ3n) is 0.854. The van der Waals surface area contributed by atoms with E-state index in [4.69, 9.17) is 0 Å². The predicted molar refractivity (Wildman–Crippen MR) is 31.2 cm³/mol. The van der Waals surface area contributed by atoms with Crippen LogP contribution in [0.5, 0.6) is 0 Å². The Morgan fingerprint density at radius 3 is 2.67 bits per heavy atom. The van der Waals surface area contributed by atoms with Crippen molar-refractivity contribution in [3.8, 4) is 0 Å². The summed E-state index contributed by atoms with van der Waals surface area (Å²) in [6, 6.07) is 0. The zero-order chi connectivity index (χ0) is 7.28. The second kappa shape index (κ2) is 3.80. The van der Waals surface area contributed by atoms with Crippen molar-refractivity contribution in [2.75, 3.05) is 7.05 Å². The Labute approximate surface area is 53.1 Å². The van der Waals surface area contributed by atoms with Crippen molar-refractivity contribution in [1.29, 1.82) is 0 Å². The van der Waals surface area contributed by atoms with Crippen LogP contribution in [0.25, 0.3) is 0 Å². The minimum Gasteiger partial charge on any atom is -0.273 e. The van der Waals surface area contributed by atoms with Crippen LogP contribution in [0.1, 0.15) is 13.3 Å². The summed E-state index contributed by atoms with van der Waals surface area (Å²) >= 11 is 0. The van der Waals surface area contributed by atoms with E-state index in [2.05, 4.69) is 5.10 Å². The second-order valence-corrected chi connectivity index (χ2v) is 1.46.